The molecule has 3 aliphatic heterocycles. The van der Waals surface area contributed by atoms with E-state index in [1.165, 1.54) is 6.42 Å². The maximum atomic E-state index is 12.6. The molecular weight excluding hydrogens is 318 g/mol. The molecule has 4 rings (SSSR count). The summed E-state index contributed by atoms with van der Waals surface area (Å²) in [5, 5.41) is 3.41. The van der Waals surface area contributed by atoms with Crippen LogP contribution in [0.15, 0.2) is 18.2 Å². The van der Waals surface area contributed by atoms with Crippen molar-refractivity contribution in [2.24, 2.45) is 5.41 Å². The van der Waals surface area contributed by atoms with E-state index < -0.39 is 0 Å². The van der Waals surface area contributed by atoms with E-state index >= 15 is 0 Å². The lowest BCUT2D eigenvalue weighted by Crippen LogP contribution is -2.48. The second kappa shape index (κ2) is 5.95. The fraction of sp³-hybridized carbons (Fsp3) is 0.526. The number of benzene rings is 1. The van der Waals surface area contributed by atoms with E-state index in [9.17, 15) is 14.4 Å². The van der Waals surface area contributed by atoms with Crippen LogP contribution in [0, 0.1) is 12.3 Å². The molecule has 1 aromatic carbocycles. The molecule has 132 valence electrons. The topological polar surface area (TPSA) is 69.7 Å². The van der Waals surface area contributed by atoms with Gasteiger partial charge in [-0.1, -0.05) is 11.6 Å². The number of nitrogens with one attached hydrogen (secondary N) is 1. The number of carbonyl (C=O) groups excluding carboxylic acids is 3. The van der Waals surface area contributed by atoms with Gasteiger partial charge in [0.05, 0.1) is 11.1 Å². The van der Waals surface area contributed by atoms with Crippen LogP contribution >= 0.6 is 0 Å². The maximum absolute atomic E-state index is 12.6. The Kier molecular flexibility index (Phi) is 3.87. The first-order valence-corrected chi connectivity index (χ1v) is 8.94. The van der Waals surface area contributed by atoms with Crippen molar-refractivity contribution in [3.8, 4) is 0 Å². The molecule has 3 amide bonds. The first-order chi connectivity index (χ1) is 12.0. The maximum Gasteiger partial charge on any atom is 0.262 e. The Bertz CT molecular complexity index is 742. The SMILES string of the molecule is Cc1ccc2c(c1)C(=O)N(CC(=O)N1CCC3(CCNC3)CC1)C2=O. The normalized spacial score (nSPS) is 22.0. The summed E-state index contributed by atoms with van der Waals surface area (Å²) in [6, 6.07) is 5.21. The predicted octanol–water partition coefficient (Wildman–Crippen LogP) is 1.19. The summed E-state index contributed by atoms with van der Waals surface area (Å²) in [4.78, 5) is 40.5. The van der Waals surface area contributed by atoms with Crippen LogP contribution in [0.25, 0.3) is 0 Å². The van der Waals surface area contributed by atoms with Gasteiger partial charge in [-0.05, 0) is 50.3 Å². The van der Waals surface area contributed by atoms with Crippen molar-refractivity contribution >= 4 is 17.7 Å². The minimum absolute atomic E-state index is 0.132. The lowest BCUT2D eigenvalue weighted by Gasteiger charge is -2.39. The van der Waals surface area contributed by atoms with Gasteiger partial charge < -0.3 is 10.2 Å². The molecule has 1 N–H and O–H groups in total. The highest BCUT2D eigenvalue weighted by Crippen LogP contribution is 2.37. The van der Waals surface area contributed by atoms with Crippen LogP contribution in [-0.4, -0.2) is 60.2 Å². The molecule has 3 aliphatic rings. The average molecular weight is 341 g/mol. The molecule has 0 atom stereocenters. The Morgan fingerprint density at radius 2 is 1.84 bits per heavy atom. The number of nitrogens with zero attached hydrogens (tertiary/aromatic N) is 2. The molecule has 6 heteroatoms. The van der Waals surface area contributed by atoms with Gasteiger partial charge in [-0.3, -0.25) is 19.3 Å². The lowest BCUT2D eigenvalue weighted by atomic mass is 9.78. The number of rotatable bonds is 2. The number of carbonyl (C=O) groups is 3. The number of amides is 3. The molecule has 2 saturated heterocycles. The van der Waals surface area contributed by atoms with Gasteiger partial charge in [-0.2, -0.15) is 0 Å². The van der Waals surface area contributed by atoms with Crippen LogP contribution in [0.5, 0.6) is 0 Å². The van der Waals surface area contributed by atoms with Gasteiger partial charge in [0.15, 0.2) is 0 Å². The minimum atomic E-state index is -0.359. The molecule has 1 spiro atoms. The van der Waals surface area contributed by atoms with E-state index in [0.29, 0.717) is 29.6 Å². The number of fused-ring (bicyclic) bond motifs is 1. The molecule has 0 bridgehead atoms. The minimum Gasteiger partial charge on any atom is -0.341 e. The fourth-order valence-corrected chi connectivity index (χ4v) is 4.24. The molecule has 25 heavy (non-hydrogen) atoms. The molecule has 0 saturated carbocycles. The summed E-state index contributed by atoms with van der Waals surface area (Å²) in [7, 11) is 0. The Morgan fingerprint density at radius 3 is 2.52 bits per heavy atom. The van der Waals surface area contributed by atoms with Crippen LogP contribution in [0.4, 0.5) is 0 Å². The van der Waals surface area contributed by atoms with Crippen LogP contribution in [0.2, 0.25) is 0 Å². The summed E-state index contributed by atoms with van der Waals surface area (Å²) < 4.78 is 0. The van der Waals surface area contributed by atoms with Crippen molar-refractivity contribution in [3.63, 3.8) is 0 Å². The van der Waals surface area contributed by atoms with E-state index in [1.54, 1.807) is 17.0 Å². The Balaban J connectivity index is 1.42. The number of piperidine rings is 1. The Hall–Kier alpha value is -2.21. The van der Waals surface area contributed by atoms with E-state index in [1.807, 2.05) is 13.0 Å². The Morgan fingerprint density at radius 1 is 1.12 bits per heavy atom. The zero-order chi connectivity index (χ0) is 17.6. The summed E-state index contributed by atoms with van der Waals surface area (Å²) in [6.07, 6.45) is 3.16. The van der Waals surface area contributed by atoms with Crippen molar-refractivity contribution in [1.82, 2.24) is 15.1 Å². The molecule has 0 aliphatic carbocycles. The molecule has 0 unspecified atom stereocenters. The van der Waals surface area contributed by atoms with E-state index in [4.69, 9.17) is 0 Å². The number of likely N-dealkylation sites (tertiary alicyclic amines) is 1. The van der Waals surface area contributed by atoms with Gasteiger partial charge in [-0.15, -0.1) is 0 Å². The third kappa shape index (κ3) is 2.74. The van der Waals surface area contributed by atoms with Crippen LogP contribution in [0.1, 0.15) is 45.5 Å². The highest BCUT2D eigenvalue weighted by Gasteiger charge is 2.40. The van der Waals surface area contributed by atoms with Gasteiger partial charge >= 0.3 is 0 Å². The smallest absolute Gasteiger partial charge is 0.262 e. The average Bonchev–Trinajstić information content (AvgIpc) is 3.14. The number of hydrogen-bond acceptors (Lipinski definition) is 4. The molecule has 3 heterocycles. The molecule has 6 nitrogen and oxygen atoms in total. The van der Waals surface area contributed by atoms with Gasteiger partial charge in [0.1, 0.15) is 6.54 Å². The van der Waals surface area contributed by atoms with Crippen molar-refractivity contribution < 1.29 is 14.4 Å². The largest absolute Gasteiger partial charge is 0.341 e. The van der Waals surface area contributed by atoms with E-state index in [2.05, 4.69) is 5.32 Å². The van der Waals surface area contributed by atoms with Crippen molar-refractivity contribution in [3.05, 3.63) is 34.9 Å². The molecule has 0 aromatic heterocycles. The molecule has 0 radical (unpaired) electrons. The predicted molar refractivity (Wildman–Crippen MR) is 92.3 cm³/mol. The second-order valence-electron chi connectivity index (χ2n) is 7.55. The summed E-state index contributed by atoms with van der Waals surface area (Å²) in [6.45, 7) is 5.24. The third-order valence-corrected chi connectivity index (χ3v) is 5.93. The monoisotopic (exact) mass is 341 g/mol. The Labute approximate surface area is 147 Å². The first kappa shape index (κ1) is 16.3. The first-order valence-electron chi connectivity index (χ1n) is 8.94. The van der Waals surface area contributed by atoms with Crippen molar-refractivity contribution in [2.75, 3.05) is 32.7 Å². The molecular formula is C19H23N3O3. The van der Waals surface area contributed by atoms with Crippen LogP contribution in [-0.2, 0) is 4.79 Å². The standard InChI is InChI=1S/C19H23N3O3/c1-13-2-3-14-15(10-13)18(25)22(17(14)24)11-16(23)21-8-5-19(6-9-21)4-7-20-12-19/h2-3,10,20H,4-9,11-12H2,1H3. The number of imide groups is 1. The van der Waals surface area contributed by atoms with Crippen molar-refractivity contribution in [1.29, 1.82) is 0 Å². The zero-order valence-corrected chi connectivity index (χ0v) is 14.5. The molecule has 2 fully saturated rings. The van der Waals surface area contributed by atoms with E-state index in [0.717, 1.165) is 36.4 Å². The third-order valence-electron chi connectivity index (χ3n) is 5.93. The number of aryl methyl sites for hydroxylation is 1. The highest BCUT2D eigenvalue weighted by atomic mass is 16.2. The highest BCUT2D eigenvalue weighted by molar-refractivity contribution is 6.22. The molecule has 1 aromatic rings. The van der Waals surface area contributed by atoms with Crippen molar-refractivity contribution in [2.45, 2.75) is 26.2 Å². The van der Waals surface area contributed by atoms with Gasteiger partial charge in [0, 0.05) is 19.6 Å². The second-order valence-corrected chi connectivity index (χ2v) is 7.55. The van der Waals surface area contributed by atoms with Gasteiger partial charge in [0.2, 0.25) is 5.91 Å². The zero-order valence-electron chi connectivity index (χ0n) is 14.5. The fourth-order valence-electron chi connectivity index (χ4n) is 4.24. The van der Waals surface area contributed by atoms with E-state index in [-0.39, 0.29) is 24.3 Å². The van der Waals surface area contributed by atoms with Crippen LogP contribution < -0.4 is 5.32 Å². The summed E-state index contributed by atoms with van der Waals surface area (Å²) in [5.74, 6) is -0.848. The quantitative estimate of drug-likeness (QED) is 0.821. The lowest BCUT2D eigenvalue weighted by molar-refractivity contribution is -0.133. The summed E-state index contributed by atoms with van der Waals surface area (Å²) in [5.41, 5.74) is 2.08. The van der Waals surface area contributed by atoms with Gasteiger partial charge in [-0.25, -0.2) is 0 Å². The number of hydrogen-bond donors (Lipinski definition) is 1. The van der Waals surface area contributed by atoms with Gasteiger partial charge in [0.25, 0.3) is 11.8 Å². The van der Waals surface area contributed by atoms with Crippen LogP contribution in [0.3, 0.4) is 0 Å². The summed E-state index contributed by atoms with van der Waals surface area (Å²) >= 11 is 0.